The van der Waals surface area contributed by atoms with Gasteiger partial charge < -0.3 is 4.90 Å². The van der Waals surface area contributed by atoms with E-state index in [1.54, 1.807) is 18.3 Å². The summed E-state index contributed by atoms with van der Waals surface area (Å²) in [6.07, 6.45) is 12.3. The van der Waals surface area contributed by atoms with Gasteiger partial charge in [-0.1, -0.05) is 32.1 Å². The second-order valence-electron chi connectivity index (χ2n) is 7.37. The van der Waals surface area contributed by atoms with E-state index in [0.29, 0.717) is 32.6 Å². The summed E-state index contributed by atoms with van der Waals surface area (Å²) in [7, 11) is -3.51. The van der Waals surface area contributed by atoms with Crippen LogP contribution in [0.25, 0.3) is 0 Å². The lowest BCUT2D eigenvalue weighted by Crippen LogP contribution is -2.50. The summed E-state index contributed by atoms with van der Waals surface area (Å²) in [5.74, 6) is 0.970. The highest BCUT2D eigenvalue weighted by molar-refractivity contribution is 7.89. The maximum Gasteiger partial charge on any atom is 0.244 e. The van der Waals surface area contributed by atoms with Crippen LogP contribution in [0.15, 0.2) is 29.4 Å². The molecular formula is C19H29N3O3S. The van der Waals surface area contributed by atoms with Gasteiger partial charge in [0.1, 0.15) is 4.90 Å². The first-order valence-corrected chi connectivity index (χ1v) is 11.2. The fourth-order valence-electron chi connectivity index (χ4n) is 4.00. The molecule has 0 aromatic carbocycles. The van der Waals surface area contributed by atoms with Crippen LogP contribution in [0, 0.1) is 5.92 Å². The molecule has 26 heavy (non-hydrogen) atoms. The zero-order valence-corrected chi connectivity index (χ0v) is 16.2. The first-order chi connectivity index (χ1) is 12.6. The van der Waals surface area contributed by atoms with Crippen LogP contribution in [0.3, 0.4) is 0 Å². The van der Waals surface area contributed by atoms with Crippen molar-refractivity contribution in [1.82, 2.24) is 14.2 Å². The third kappa shape index (κ3) is 4.82. The van der Waals surface area contributed by atoms with Crippen molar-refractivity contribution in [3.8, 4) is 0 Å². The largest absolute Gasteiger partial charge is 0.340 e. The van der Waals surface area contributed by atoms with Crippen molar-refractivity contribution in [2.75, 3.05) is 26.2 Å². The van der Waals surface area contributed by atoms with E-state index in [9.17, 15) is 13.2 Å². The number of hydrogen-bond acceptors (Lipinski definition) is 4. The number of aromatic nitrogens is 1. The lowest BCUT2D eigenvalue weighted by atomic mass is 9.86. The van der Waals surface area contributed by atoms with Gasteiger partial charge in [-0.3, -0.25) is 9.78 Å². The van der Waals surface area contributed by atoms with E-state index >= 15 is 0 Å². The quantitative estimate of drug-likeness (QED) is 0.762. The van der Waals surface area contributed by atoms with Crippen molar-refractivity contribution in [1.29, 1.82) is 0 Å². The molecule has 1 saturated carbocycles. The normalized spacial score (nSPS) is 20.2. The van der Waals surface area contributed by atoms with Crippen molar-refractivity contribution in [3.63, 3.8) is 0 Å². The van der Waals surface area contributed by atoms with Crippen LogP contribution in [-0.2, 0) is 14.8 Å². The minimum Gasteiger partial charge on any atom is -0.340 e. The maximum absolute atomic E-state index is 12.6. The molecule has 0 unspecified atom stereocenters. The molecule has 144 valence electrons. The van der Waals surface area contributed by atoms with Gasteiger partial charge in [0.05, 0.1) is 0 Å². The van der Waals surface area contributed by atoms with Gasteiger partial charge in [0.25, 0.3) is 0 Å². The summed E-state index contributed by atoms with van der Waals surface area (Å²) in [6.45, 7) is 1.65. The van der Waals surface area contributed by atoms with Gasteiger partial charge >= 0.3 is 0 Å². The Balaban J connectivity index is 1.43. The monoisotopic (exact) mass is 379 g/mol. The Kier molecular flexibility index (Phi) is 6.64. The molecule has 0 N–H and O–H groups in total. The lowest BCUT2D eigenvalue weighted by molar-refractivity contribution is -0.132. The molecule has 1 aliphatic heterocycles. The van der Waals surface area contributed by atoms with Crippen molar-refractivity contribution in [3.05, 3.63) is 24.5 Å². The number of hydrogen-bond donors (Lipinski definition) is 0. The molecule has 1 amide bonds. The molecule has 1 saturated heterocycles. The molecule has 1 aromatic rings. The molecule has 2 heterocycles. The van der Waals surface area contributed by atoms with Crippen molar-refractivity contribution in [2.24, 2.45) is 5.92 Å². The molecule has 2 fully saturated rings. The Bertz CT molecular complexity index is 679. The molecule has 7 heteroatoms. The maximum atomic E-state index is 12.6. The number of carbonyl (C=O) groups is 1. The Hall–Kier alpha value is -1.47. The summed E-state index contributed by atoms with van der Waals surface area (Å²) in [6, 6.07) is 3.18. The van der Waals surface area contributed by atoms with E-state index in [0.717, 1.165) is 18.8 Å². The van der Waals surface area contributed by atoms with E-state index in [-0.39, 0.29) is 10.8 Å². The Labute approximate surface area is 156 Å². The molecule has 1 aromatic heterocycles. The summed E-state index contributed by atoms with van der Waals surface area (Å²) >= 11 is 0. The van der Waals surface area contributed by atoms with Crippen LogP contribution in [0.5, 0.6) is 0 Å². The number of carbonyl (C=O) groups excluding carboxylic acids is 1. The number of piperazine rings is 1. The van der Waals surface area contributed by atoms with E-state index < -0.39 is 10.0 Å². The standard InChI is InChI=1S/C19H29N3O3S/c23-19(10-4-8-17-6-2-1-3-7-17)21-12-14-22(15-13-21)26(24,25)18-9-5-11-20-16-18/h5,9,11,16-17H,1-4,6-8,10,12-15H2. The zero-order valence-electron chi connectivity index (χ0n) is 15.3. The number of amides is 1. The van der Waals surface area contributed by atoms with Gasteiger partial charge in [0, 0.05) is 45.0 Å². The zero-order chi connectivity index (χ0) is 18.4. The minimum absolute atomic E-state index is 0.166. The Morgan fingerprint density at radius 3 is 2.50 bits per heavy atom. The van der Waals surface area contributed by atoms with Crippen LogP contribution in [0.4, 0.5) is 0 Å². The number of sulfonamides is 1. The highest BCUT2D eigenvalue weighted by Crippen LogP contribution is 2.28. The predicted octanol–water partition coefficient (Wildman–Crippen LogP) is 2.67. The highest BCUT2D eigenvalue weighted by Gasteiger charge is 2.30. The Morgan fingerprint density at radius 1 is 1.12 bits per heavy atom. The van der Waals surface area contributed by atoms with Gasteiger partial charge in [-0.2, -0.15) is 4.31 Å². The fraction of sp³-hybridized carbons (Fsp3) is 0.684. The summed E-state index contributed by atoms with van der Waals surface area (Å²) < 4.78 is 26.6. The molecule has 3 rings (SSSR count). The molecule has 1 aliphatic carbocycles. The van der Waals surface area contributed by atoms with E-state index in [1.165, 1.54) is 42.6 Å². The van der Waals surface area contributed by atoms with Gasteiger partial charge in [0.2, 0.25) is 15.9 Å². The highest BCUT2D eigenvalue weighted by atomic mass is 32.2. The van der Waals surface area contributed by atoms with Crippen LogP contribution in [0.1, 0.15) is 51.4 Å². The topological polar surface area (TPSA) is 70.6 Å². The van der Waals surface area contributed by atoms with Crippen LogP contribution in [0.2, 0.25) is 0 Å². The SMILES string of the molecule is O=C(CCCC1CCCCC1)N1CCN(S(=O)(=O)c2cccnc2)CC1. The van der Waals surface area contributed by atoms with Gasteiger partial charge in [-0.15, -0.1) is 0 Å². The van der Waals surface area contributed by atoms with E-state index in [2.05, 4.69) is 4.98 Å². The molecular weight excluding hydrogens is 350 g/mol. The summed E-state index contributed by atoms with van der Waals surface area (Å²) in [5, 5.41) is 0. The molecule has 0 bridgehead atoms. The Morgan fingerprint density at radius 2 is 1.85 bits per heavy atom. The third-order valence-corrected chi connectivity index (χ3v) is 7.47. The van der Waals surface area contributed by atoms with Gasteiger partial charge in [-0.05, 0) is 30.9 Å². The van der Waals surface area contributed by atoms with Crippen molar-refractivity contribution >= 4 is 15.9 Å². The molecule has 0 radical (unpaired) electrons. The van der Waals surface area contributed by atoms with Crippen LogP contribution >= 0.6 is 0 Å². The summed E-state index contributed by atoms with van der Waals surface area (Å²) in [4.78, 5) is 18.3. The van der Waals surface area contributed by atoms with E-state index in [1.807, 2.05) is 4.90 Å². The predicted molar refractivity (Wildman–Crippen MR) is 100 cm³/mol. The second-order valence-corrected chi connectivity index (χ2v) is 9.31. The lowest BCUT2D eigenvalue weighted by Gasteiger charge is -2.34. The van der Waals surface area contributed by atoms with E-state index in [4.69, 9.17) is 0 Å². The summed E-state index contributed by atoms with van der Waals surface area (Å²) in [5.41, 5.74) is 0. The second kappa shape index (κ2) is 8.95. The molecule has 0 atom stereocenters. The molecule has 6 nitrogen and oxygen atoms in total. The van der Waals surface area contributed by atoms with Crippen molar-refractivity contribution < 1.29 is 13.2 Å². The van der Waals surface area contributed by atoms with Gasteiger partial charge in [-0.25, -0.2) is 8.42 Å². The average Bonchev–Trinajstić information content (AvgIpc) is 2.69. The average molecular weight is 380 g/mol. The smallest absolute Gasteiger partial charge is 0.244 e. The minimum atomic E-state index is -3.51. The first-order valence-electron chi connectivity index (χ1n) is 9.75. The van der Waals surface area contributed by atoms with Crippen LogP contribution < -0.4 is 0 Å². The third-order valence-electron chi connectivity index (χ3n) is 5.59. The fourth-order valence-corrected chi connectivity index (χ4v) is 5.39. The van der Waals surface area contributed by atoms with Gasteiger partial charge in [0.15, 0.2) is 0 Å². The number of rotatable bonds is 6. The molecule has 2 aliphatic rings. The molecule has 0 spiro atoms. The number of nitrogens with zero attached hydrogens (tertiary/aromatic N) is 3. The van der Waals surface area contributed by atoms with Crippen LogP contribution in [-0.4, -0.2) is 54.7 Å². The van der Waals surface area contributed by atoms with Crippen molar-refractivity contribution in [2.45, 2.75) is 56.3 Å². The first kappa shape index (κ1) is 19.3. The number of pyridine rings is 1.